The van der Waals surface area contributed by atoms with Gasteiger partial charge in [0.05, 0.1) is 17.7 Å². The molecule has 1 aromatic rings. The molecule has 0 heterocycles. The largest absolute Gasteiger partial charge is 0.500 e. The Bertz CT molecular complexity index is 749. The second-order valence-corrected chi connectivity index (χ2v) is 6.64. The maximum Gasteiger partial charge on any atom is 0.170 e. The Morgan fingerprint density at radius 3 is 2.70 bits per heavy atom. The molecule has 0 radical (unpaired) electrons. The Kier molecular flexibility index (Phi) is 4.50. The maximum atomic E-state index is 13.0. The minimum absolute atomic E-state index is 0.129. The van der Waals surface area contributed by atoms with Crippen LogP contribution in [0.1, 0.15) is 49.8 Å². The number of hydrogen-bond donors (Lipinski definition) is 0. The van der Waals surface area contributed by atoms with Gasteiger partial charge in [-0.05, 0) is 50.3 Å². The first-order chi connectivity index (χ1) is 11.1. The molecule has 0 saturated heterocycles. The predicted molar refractivity (Wildman–Crippen MR) is 93.1 cm³/mol. The Hall–Kier alpha value is -1.72. The van der Waals surface area contributed by atoms with E-state index in [-0.39, 0.29) is 11.7 Å². The maximum absolute atomic E-state index is 13.0. The van der Waals surface area contributed by atoms with Gasteiger partial charge < -0.3 is 4.74 Å². The van der Waals surface area contributed by atoms with Crippen LogP contribution in [0.2, 0.25) is 5.02 Å². The first-order valence-electron chi connectivity index (χ1n) is 8.18. The zero-order chi connectivity index (χ0) is 16.6. The lowest BCUT2D eigenvalue weighted by atomic mass is 9.81. The van der Waals surface area contributed by atoms with Gasteiger partial charge in [0, 0.05) is 23.0 Å². The third-order valence-corrected chi connectivity index (χ3v) is 5.26. The SMILES string of the molecule is CC#Cc1cc(Cl)c(C2=C(OC)C3CCC(C3)C2=O)c(CC)c1. The fourth-order valence-corrected chi connectivity index (χ4v) is 4.27. The lowest BCUT2D eigenvalue weighted by Crippen LogP contribution is -2.23. The summed E-state index contributed by atoms with van der Waals surface area (Å²) < 4.78 is 5.66. The number of methoxy groups -OCH3 is 1. The zero-order valence-electron chi connectivity index (χ0n) is 13.8. The average Bonchev–Trinajstić information content (AvgIpc) is 2.97. The first-order valence-corrected chi connectivity index (χ1v) is 8.56. The second-order valence-electron chi connectivity index (χ2n) is 6.24. The molecule has 2 unspecified atom stereocenters. The van der Waals surface area contributed by atoms with E-state index in [1.54, 1.807) is 14.0 Å². The third kappa shape index (κ3) is 2.68. The Morgan fingerprint density at radius 2 is 2.04 bits per heavy atom. The van der Waals surface area contributed by atoms with Crippen LogP contribution in [-0.2, 0) is 16.0 Å². The van der Waals surface area contributed by atoms with Gasteiger partial charge in [0.2, 0.25) is 0 Å². The Morgan fingerprint density at radius 1 is 1.30 bits per heavy atom. The molecule has 0 N–H and O–H groups in total. The standard InChI is InChI=1S/C20H21ClO2/c1-4-6-12-9-13(5-2)17(16(21)10-12)18-19(22)14-7-8-15(11-14)20(18)23-3/h9-10,14-15H,5,7-8,11H2,1-3H3. The van der Waals surface area contributed by atoms with E-state index in [2.05, 4.69) is 18.8 Å². The minimum Gasteiger partial charge on any atom is -0.500 e. The van der Waals surface area contributed by atoms with E-state index in [1.165, 1.54) is 0 Å². The van der Waals surface area contributed by atoms with Crippen LogP contribution in [0.25, 0.3) is 5.57 Å². The molecular weight excluding hydrogens is 308 g/mol. The van der Waals surface area contributed by atoms with Crippen LogP contribution >= 0.6 is 11.6 Å². The number of hydrogen-bond acceptors (Lipinski definition) is 2. The molecule has 0 aromatic heterocycles. The number of allylic oxidation sites excluding steroid dienone is 2. The van der Waals surface area contributed by atoms with Crippen LogP contribution in [0, 0.1) is 23.7 Å². The fraction of sp³-hybridized carbons (Fsp3) is 0.450. The van der Waals surface area contributed by atoms with Gasteiger partial charge in [-0.2, -0.15) is 0 Å². The smallest absolute Gasteiger partial charge is 0.170 e. The van der Waals surface area contributed by atoms with Gasteiger partial charge in [-0.15, -0.1) is 5.92 Å². The van der Waals surface area contributed by atoms with Gasteiger partial charge in [0.15, 0.2) is 5.78 Å². The van der Waals surface area contributed by atoms with Crippen molar-refractivity contribution >= 4 is 23.0 Å². The zero-order valence-corrected chi connectivity index (χ0v) is 14.6. The minimum atomic E-state index is 0.129. The summed E-state index contributed by atoms with van der Waals surface area (Å²) >= 11 is 6.58. The molecule has 3 rings (SSSR count). The molecular formula is C20H21ClO2. The number of Topliss-reactive ketones (excluding diaryl/α,β-unsaturated/α-hetero) is 1. The predicted octanol–water partition coefficient (Wildman–Crippen LogP) is 4.63. The van der Waals surface area contributed by atoms with Crippen molar-refractivity contribution in [1.82, 2.24) is 0 Å². The molecule has 2 aliphatic rings. The van der Waals surface area contributed by atoms with Crippen molar-refractivity contribution in [1.29, 1.82) is 0 Å². The number of carbonyl (C=O) groups is 1. The molecule has 0 aliphatic heterocycles. The highest BCUT2D eigenvalue weighted by Gasteiger charge is 2.42. The number of halogens is 1. The van der Waals surface area contributed by atoms with Gasteiger partial charge in [0.1, 0.15) is 5.76 Å². The summed E-state index contributed by atoms with van der Waals surface area (Å²) in [7, 11) is 1.66. The molecule has 1 fully saturated rings. The van der Waals surface area contributed by atoms with E-state index in [0.717, 1.165) is 48.1 Å². The monoisotopic (exact) mass is 328 g/mol. The highest BCUT2D eigenvalue weighted by molar-refractivity contribution is 6.36. The molecule has 120 valence electrons. The van der Waals surface area contributed by atoms with Gasteiger partial charge in [-0.3, -0.25) is 4.79 Å². The van der Waals surface area contributed by atoms with Crippen molar-refractivity contribution < 1.29 is 9.53 Å². The van der Waals surface area contributed by atoms with Gasteiger partial charge in [-0.25, -0.2) is 0 Å². The summed E-state index contributed by atoms with van der Waals surface area (Å²) in [5.74, 6) is 7.46. The van der Waals surface area contributed by atoms with E-state index < -0.39 is 0 Å². The fourth-order valence-electron chi connectivity index (χ4n) is 3.94. The summed E-state index contributed by atoms with van der Waals surface area (Å²) in [6.45, 7) is 3.88. The van der Waals surface area contributed by atoms with Crippen LogP contribution in [0.5, 0.6) is 0 Å². The number of rotatable bonds is 3. The van der Waals surface area contributed by atoms with Crippen LogP contribution in [0.4, 0.5) is 0 Å². The number of ketones is 1. The molecule has 23 heavy (non-hydrogen) atoms. The molecule has 0 amide bonds. The highest BCUT2D eigenvalue weighted by atomic mass is 35.5. The molecule has 1 saturated carbocycles. The Balaban J connectivity index is 2.23. The van der Waals surface area contributed by atoms with Crippen LogP contribution in [0.15, 0.2) is 17.9 Å². The van der Waals surface area contributed by atoms with E-state index in [4.69, 9.17) is 16.3 Å². The molecule has 2 bridgehead atoms. The molecule has 1 aromatic carbocycles. The second kappa shape index (κ2) is 6.42. The van der Waals surface area contributed by atoms with E-state index in [1.807, 2.05) is 12.1 Å². The van der Waals surface area contributed by atoms with Crippen molar-refractivity contribution in [2.75, 3.05) is 7.11 Å². The molecule has 0 spiro atoms. The van der Waals surface area contributed by atoms with Gasteiger partial charge >= 0.3 is 0 Å². The lowest BCUT2D eigenvalue weighted by molar-refractivity contribution is -0.117. The number of ether oxygens (including phenoxy) is 1. The van der Waals surface area contributed by atoms with E-state index in [0.29, 0.717) is 16.5 Å². The quantitative estimate of drug-likeness (QED) is 0.756. The first kappa shape index (κ1) is 16.1. The van der Waals surface area contributed by atoms with Crippen molar-refractivity contribution in [2.24, 2.45) is 11.8 Å². The number of carbonyl (C=O) groups excluding carboxylic acids is 1. The van der Waals surface area contributed by atoms with Crippen LogP contribution in [0.3, 0.4) is 0 Å². The summed E-state index contributed by atoms with van der Waals surface area (Å²) in [6, 6.07) is 3.90. The lowest BCUT2D eigenvalue weighted by Gasteiger charge is -2.26. The van der Waals surface area contributed by atoms with Crippen molar-refractivity contribution in [3.63, 3.8) is 0 Å². The summed E-state index contributed by atoms with van der Waals surface area (Å²) in [6.07, 6.45) is 3.71. The third-order valence-electron chi connectivity index (χ3n) is 4.96. The van der Waals surface area contributed by atoms with E-state index in [9.17, 15) is 4.79 Å². The van der Waals surface area contributed by atoms with Crippen LogP contribution in [-0.4, -0.2) is 12.9 Å². The van der Waals surface area contributed by atoms with Gasteiger partial charge in [0.25, 0.3) is 0 Å². The van der Waals surface area contributed by atoms with Crippen LogP contribution < -0.4 is 0 Å². The van der Waals surface area contributed by atoms with E-state index >= 15 is 0 Å². The molecule has 2 atom stereocenters. The Labute approximate surface area is 142 Å². The molecule has 3 heteroatoms. The van der Waals surface area contributed by atoms with Crippen molar-refractivity contribution in [3.05, 3.63) is 39.6 Å². The van der Waals surface area contributed by atoms with Crippen molar-refractivity contribution in [2.45, 2.75) is 39.5 Å². The topological polar surface area (TPSA) is 26.3 Å². The van der Waals surface area contributed by atoms with Gasteiger partial charge in [-0.1, -0.05) is 24.4 Å². The summed E-state index contributed by atoms with van der Waals surface area (Å²) in [5, 5.41) is 0.598. The summed E-state index contributed by atoms with van der Waals surface area (Å²) in [4.78, 5) is 13.0. The summed E-state index contributed by atoms with van der Waals surface area (Å²) in [5.41, 5.74) is 3.52. The molecule has 2 aliphatic carbocycles. The average molecular weight is 329 g/mol. The number of benzene rings is 1. The normalized spacial score (nSPS) is 22.9. The van der Waals surface area contributed by atoms with Crippen molar-refractivity contribution in [3.8, 4) is 11.8 Å². The molecule has 2 nitrogen and oxygen atoms in total. The number of fused-ring (bicyclic) bond motifs is 2. The number of aryl methyl sites for hydroxylation is 1. The highest BCUT2D eigenvalue weighted by Crippen LogP contribution is 2.48.